The first kappa shape index (κ1) is 32.3. The van der Waals surface area contributed by atoms with E-state index in [1.54, 1.807) is 4.90 Å². The number of methoxy groups -OCH3 is 1. The number of urea groups is 1. The van der Waals surface area contributed by atoms with Crippen molar-refractivity contribution in [2.45, 2.75) is 43.9 Å². The van der Waals surface area contributed by atoms with Crippen molar-refractivity contribution in [1.29, 1.82) is 0 Å². The third-order valence-corrected chi connectivity index (χ3v) is 10.4. The lowest BCUT2D eigenvalue weighted by molar-refractivity contribution is 0.0303. The lowest BCUT2D eigenvalue weighted by Crippen LogP contribution is -2.44. The highest BCUT2D eigenvalue weighted by atomic mass is 16.5. The number of morpholine rings is 1. The number of anilines is 4. The van der Waals surface area contributed by atoms with Crippen molar-refractivity contribution in [2.24, 2.45) is 0 Å². The number of piperazine rings is 1. The van der Waals surface area contributed by atoms with Crippen LogP contribution in [0.25, 0.3) is 22.4 Å². The van der Waals surface area contributed by atoms with Crippen molar-refractivity contribution >= 4 is 46.0 Å². The lowest BCUT2D eigenvalue weighted by Gasteiger charge is -2.34. The number of carbonyl (C=O) groups is 2. The van der Waals surface area contributed by atoms with E-state index in [9.17, 15) is 9.59 Å². The predicted molar refractivity (Wildman–Crippen MR) is 192 cm³/mol. The van der Waals surface area contributed by atoms with E-state index in [-0.39, 0.29) is 30.4 Å². The Balaban J connectivity index is 0.997. The summed E-state index contributed by atoms with van der Waals surface area (Å²) in [5.74, 6) is 1.46. The Kier molecular flexibility index (Phi) is 8.87. The first-order valence-electron chi connectivity index (χ1n) is 17.6. The van der Waals surface area contributed by atoms with Crippen LogP contribution in [0.3, 0.4) is 0 Å². The van der Waals surface area contributed by atoms with Crippen molar-refractivity contribution in [3.63, 3.8) is 0 Å². The maximum atomic E-state index is 12.9. The van der Waals surface area contributed by atoms with Crippen molar-refractivity contribution in [3.05, 3.63) is 54.7 Å². The number of likely N-dealkylation sites (N-methyl/N-ethyl adjacent to an activating group) is 1. The molecular weight excluding hydrogens is 636 g/mol. The normalized spacial score (nSPS) is 21.4. The minimum atomic E-state index is -0.311. The van der Waals surface area contributed by atoms with Crippen LogP contribution in [-0.4, -0.2) is 120 Å². The minimum Gasteiger partial charge on any atom is -0.453 e. The summed E-state index contributed by atoms with van der Waals surface area (Å²) in [4.78, 5) is 43.9. The van der Waals surface area contributed by atoms with E-state index in [4.69, 9.17) is 24.5 Å². The summed E-state index contributed by atoms with van der Waals surface area (Å²) in [6, 6.07) is 15.4. The van der Waals surface area contributed by atoms with Gasteiger partial charge in [-0.15, -0.1) is 0 Å². The molecule has 4 fully saturated rings. The van der Waals surface area contributed by atoms with Gasteiger partial charge in [0.2, 0.25) is 0 Å². The van der Waals surface area contributed by atoms with Crippen LogP contribution in [0, 0.1) is 0 Å². The molecule has 2 bridgehead atoms. The molecule has 2 unspecified atom stereocenters. The highest BCUT2D eigenvalue weighted by Gasteiger charge is 2.36. The largest absolute Gasteiger partial charge is 0.453 e. The molecule has 0 spiro atoms. The summed E-state index contributed by atoms with van der Waals surface area (Å²) in [5, 5.41) is 11.6. The van der Waals surface area contributed by atoms with E-state index < -0.39 is 0 Å². The topological polar surface area (TPSA) is 133 Å². The molecule has 3 amide bonds. The van der Waals surface area contributed by atoms with Crippen LogP contribution in [0.5, 0.6) is 0 Å². The number of amides is 3. The van der Waals surface area contributed by atoms with Gasteiger partial charge in [-0.05, 0) is 81.3 Å². The summed E-state index contributed by atoms with van der Waals surface area (Å²) >= 11 is 0. The highest BCUT2D eigenvalue weighted by Crippen LogP contribution is 2.35. The molecule has 14 nitrogen and oxygen atoms in total. The zero-order valence-corrected chi connectivity index (χ0v) is 28.6. The molecule has 14 heteroatoms. The summed E-state index contributed by atoms with van der Waals surface area (Å²) in [6.45, 7) is 6.83. The van der Waals surface area contributed by atoms with Gasteiger partial charge >= 0.3 is 12.1 Å². The molecule has 2 atom stereocenters. The number of nitrogens with zero attached hydrogens (tertiary/aromatic N) is 8. The van der Waals surface area contributed by atoms with Gasteiger partial charge in [0.05, 0.1) is 36.9 Å². The number of ether oxygens (including phenoxy) is 2. The molecule has 50 heavy (non-hydrogen) atoms. The monoisotopic (exact) mass is 680 g/mol. The predicted octanol–water partition coefficient (Wildman–Crippen LogP) is 4.66. The number of likely N-dealkylation sites (tertiary alicyclic amines) is 1. The lowest BCUT2D eigenvalue weighted by atomic mass is 10.1. The zero-order valence-electron chi connectivity index (χ0n) is 28.6. The number of fused-ring (bicyclic) bond motifs is 3. The molecule has 0 saturated carbocycles. The van der Waals surface area contributed by atoms with Crippen LogP contribution in [0.15, 0.2) is 54.7 Å². The quantitative estimate of drug-likeness (QED) is 0.296. The van der Waals surface area contributed by atoms with Gasteiger partial charge in [0.15, 0.2) is 11.5 Å². The Labute approximate surface area is 291 Å². The third-order valence-electron chi connectivity index (χ3n) is 10.4. The van der Waals surface area contributed by atoms with Gasteiger partial charge in [-0.3, -0.25) is 0 Å². The number of nitrogens with one attached hydrogen (secondary N) is 2. The number of aromatic nitrogens is 4. The van der Waals surface area contributed by atoms with Gasteiger partial charge < -0.3 is 39.7 Å². The summed E-state index contributed by atoms with van der Waals surface area (Å²) in [6.07, 6.45) is 5.61. The average Bonchev–Trinajstić information content (AvgIpc) is 3.73. The van der Waals surface area contributed by atoms with Crippen LogP contribution in [0.2, 0.25) is 0 Å². The van der Waals surface area contributed by atoms with E-state index >= 15 is 0 Å². The highest BCUT2D eigenvalue weighted by molar-refractivity contribution is 6.00. The smallest absolute Gasteiger partial charge is 0.409 e. The van der Waals surface area contributed by atoms with Gasteiger partial charge in [0.1, 0.15) is 5.82 Å². The number of rotatable bonds is 6. The molecule has 8 rings (SSSR count). The van der Waals surface area contributed by atoms with Crippen LogP contribution in [0.1, 0.15) is 31.7 Å². The molecule has 6 heterocycles. The van der Waals surface area contributed by atoms with Crippen molar-refractivity contribution in [2.75, 3.05) is 86.9 Å². The Bertz CT molecular complexity index is 1820. The van der Waals surface area contributed by atoms with Gasteiger partial charge in [0.25, 0.3) is 0 Å². The standard InChI is InChI=1S/C36H44N10O4/c1-42-17-19-43(20-18-42)27-9-7-26(8-10-27)39-35(47)38-25-5-3-24(4-6-25)32-40-33(45-22-29-11-12-30(23-45)50-29)31-21-37-46(34(31)41-32)28-13-15-44(16-14-28)36(48)49-2/h3-10,21,28-30H,11-20,22-23H2,1-2H3,(H2,38,39,47). The number of hydrogen-bond acceptors (Lipinski definition) is 10. The number of piperidine rings is 1. The maximum Gasteiger partial charge on any atom is 0.409 e. The first-order chi connectivity index (χ1) is 24.4. The Morgan fingerprint density at radius 2 is 1.44 bits per heavy atom. The summed E-state index contributed by atoms with van der Waals surface area (Å²) < 4.78 is 13.1. The fraction of sp³-hybridized carbons (Fsp3) is 0.472. The van der Waals surface area contributed by atoms with E-state index in [1.807, 2.05) is 47.3 Å². The molecule has 262 valence electrons. The third kappa shape index (κ3) is 6.64. The molecular formula is C36H44N10O4. The molecule has 4 aromatic rings. The van der Waals surface area contributed by atoms with Crippen LogP contribution in [0.4, 0.5) is 32.5 Å². The second kappa shape index (κ2) is 13.8. The van der Waals surface area contributed by atoms with Crippen molar-refractivity contribution in [1.82, 2.24) is 29.5 Å². The van der Waals surface area contributed by atoms with Gasteiger partial charge in [-0.25, -0.2) is 24.2 Å². The van der Waals surface area contributed by atoms with E-state index in [1.165, 1.54) is 7.11 Å². The number of hydrogen-bond donors (Lipinski definition) is 2. The average molecular weight is 681 g/mol. The molecule has 0 radical (unpaired) electrons. The second-order valence-corrected chi connectivity index (χ2v) is 13.7. The maximum absolute atomic E-state index is 12.9. The Morgan fingerprint density at radius 3 is 2.08 bits per heavy atom. The fourth-order valence-corrected chi connectivity index (χ4v) is 7.57. The molecule has 2 N–H and O–H groups in total. The van der Waals surface area contributed by atoms with E-state index in [0.717, 1.165) is 98.7 Å². The first-order valence-corrected chi connectivity index (χ1v) is 17.6. The number of carbonyl (C=O) groups excluding carboxylic acids is 2. The zero-order chi connectivity index (χ0) is 34.2. The Hall–Kier alpha value is -4.95. The molecule has 4 aliphatic heterocycles. The fourth-order valence-electron chi connectivity index (χ4n) is 7.57. The van der Waals surface area contributed by atoms with Crippen LogP contribution < -0.4 is 20.4 Å². The molecule has 2 aromatic heterocycles. The molecule has 4 saturated heterocycles. The SMILES string of the molecule is COC(=O)N1CCC(n2ncc3c(N4CC5CCC(C4)O5)nc(-c4ccc(NC(=O)Nc5ccc(N6CCN(C)CC6)cc5)cc4)nc32)CC1. The summed E-state index contributed by atoms with van der Waals surface area (Å²) in [7, 11) is 3.56. The molecule has 2 aromatic carbocycles. The molecule has 4 aliphatic rings. The van der Waals surface area contributed by atoms with Crippen LogP contribution in [-0.2, 0) is 9.47 Å². The minimum absolute atomic E-state index is 0.0953. The van der Waals surface area contributed by atoms with E-state index in [0.29, 0.717) is 24.6 Å². The van der Waals surface area contributed by atoms with Gasteiger partial charge in [-0.2, -0.15) is 5.10 Å². The van der Waals surface area contributed by atoms with Gasteiger partial charge in [-0.1, -0.05) is 0 Å². The van der Waals surface area contributed by atoms with Crippen molar-refractivity contribution in [3.8, 4) is 11.4 Å². The second-order valence-electron chi connectivity index (χ2n) is 13.7. The van der Waals surface area contributed by atoms with Crippen LogP contribution >= 0.6 is 0 Å². The van der Waals surface area contributed by atoms with E-state index in [2.05, 4.69) is 44.5 Å². The van der Waals surface area contributed by atoms with Crippen molar-refractivity contribution < 1.29 is 19.1 Å². The summed E-state index contributed by atoms with van der Waals surface area (Å²) in [5.41, 5.74) is 4.17. The Morgan fingerprint density at radius 1 is 0.800 bits per heavy atom. The molecule has 0 aliphatic carbocycles. The van der Waals surface area contributed by atoms with Gasteiger partial charge in [0, 0.05) is 75.0 Å². The number of benzene rings is 2.